The Morgan fingerprint density at radius 1 is 0.738 bits per heavy atom. The Hall–Kier alpha value is -5.62. The number of carboxylic acids is 1. The zero-order valence-corrected chi connectivity index (χ0v) is 37.9. The van der Waals surface area contributed by atoms with Crippen molar-refractivity contribution in [3.8, 4) is 0 Å². The summed E-state index contributed by atoms with van der Waals surface area (Å²) in [6.45, 7) is 4.86. The number of hydrogen-bond donors (Lipinski definition) is 4. The second kappa shape index (κ2) is 20.3. The molecule has 2 fully saturated rings. The number of Topliss-reactive ketones (excluding diaryl/α,β-unsaturated/α-hetero) is 1. The number of halogens is 8. The minimum Gasteiger partial charge on any atom is -0.477 e. The molecule has 0 aromatic carbocycles. The number of urea groups is 2. The van der Waals surface area contributed by atoms with Crippen LogP contribution in [0.5, 0.6) is 0 Å². The molecule has 8 rings (SSSR count). The van der Waals surface area contributed by atoms with Gasteiger partial charge in [-0.3, -0.25) is 25.2 Å². The Balaban J connectivity index is 0.000000191. The molecule has 4 aliphatic heterocycles. The molecule has 4 aliphatic rings. The van der Waals surface area contributed by atoms with Crippen LogP contribution in [0.25, 0.3) is 0 Å². The average molecular weight is 1040 g/mol. The number of alkyl halides is 6. The van der Waals surface area contributed by atoms with Gasteiger partial charge in [0.15, 0.2) is 23.1 Å². The van der Waals surface area contributed by atoms with E-state index in [-0.39, 0.29) is 35.3 Å². The van der Waals surface area contributed by atoms with Gasteiger partial charge in [0.25, 0.3) is 0 Å². The lowest BCUT2D eigenvalue weighted by Crippen LogP contribution is -2.56. The van der Waals surface area contributed by atoms with Crippen molar-refractivity contribution >= 4 is 90.3 Å². The van der Waals surface area contributed by atoms with Crippen LogP contribution in [0.3, 0.4) is 0 Å². The number of nitrogens with one attached hydrogen (secondary N) is 2. The van der Waals surface area contributed by atoms with Crippen LogP contribution >= 0.6 is 31.9 Å². The number of fused-ring (bicyclic) bond motifs is 8. The highest BCUT2D eigenvalue weighted by molar-refractivity contribution is 9.10. The first-order chi connectivity index (χ1) is 30.6. The highest BCUT2D eigenvalue weighted by Crippen LogP contribution is 2.40. The van der Waals surface area contributed by atoms with Gasteiger partial charge < -0.3 is 20.6 Å². The van der Waals surface area contributed by atoms with Crippen molar-refractivity contribution in [3.05, 3.63) is 81.3 Å². The number of pyridine rings is 4. The maximum Gasteiger partial charge on any atom is 0.403 e. The largest absolute Gasteiger partial charge is 0.477 e. The summed E-state index contributed by atoms with van der Waals surface area (Å²) in [5.74, 6) is -2.19. The molecule has 4 atom stereocenters. The van der Waals surface area contributed by atoms with E-state index in [0.717, 1.165) is 67.3 Å². The molecule has 0 aliphatic carbocycles. The molecule has 0 radical (unpaired) electrons. The number of aromatic nitrogens is 4. The van der Waals surface area contributed by atoms with Gasteiger partial charge in [-0.15, -0.1) is 0 Å². The van der Waals surface area contributed by atoms with Crippen LogP contribution in [0.15, 0.2) is 69.9 Å². The predicted molar refractivity (Wildman–Crippen MR) is 237 cm³/mol. The van der Waals surface area contributed by atoms with Crippen molar-refractivity contribution in [1.29, 1.82) is 0 Å². The van der Waals surface area contributed by atoms with Gasteiger partial charge in [0.2, 0.25) is 0 Å². The SMILES string of the molecule is CC(CC(=O)c1ccc2c(n1)N(C(=O)Nc1cc(Br)ccn1)[C@H]1CCCN2C1)C(F)(F)F.CC(N)C(F)(F)F.O=C(O)c1ccc2c(n1)N(C(=O)Nc1cc(Br)ccn1)[C@H]1CCCN2C1. The van der Waals surface area contributed by atoms with E-state index in [1.165, 1.54) is 17.0 Å². The van der Waals surface area contributed by atoms with Crippen LogP contribution in [-0.4, -0.2) is 106 Å². The topological polar surface area (TPSA) is 203 Å². The van der Waals surface area contributed by atoms with Gasteiger partial charge >= 0.3 is 30.4 Å². The van der Waals surface area contributed by atoms with Crippen molar-refractivity contribution < 1.29 is 50.6 Å². The number of carbonyl (C=O) groups excluding carboxylic acids is 3. The molecule has 24 heteroatoms. The smallest absolute Gasteiger partial charge is 0.403 e. The number of piperidine rings is 2. The lowest BCUT2D eigenvalue weighted by atomic mass is 9.98. The van der Waals surface area contributed by atoms with Crippen molar-refractivity contribution in [3.63, 3.8) is 0 Å². The fourth-order valence-electron chi connectivity index (χ4n) is 7.43. The molecule has 65 heavy (non-hydrogen) atoms. The van der Waals surface area contributed by atoms with Gasteiger partial charge in [-0.25, -0.2) is 34.3 Å². The Morgan fingerprint density at radius 2 is 1.17 bits per heavy atom. The molecule has 16 nitrogen and oxygen atoms in total. The highest BCUT2D eigenvalue weighted by Gasteiger charge is 2.41. The number of carboxylic acid groups (broad SMARTS) is 1. The summed E-state index contributed by atoms with van der Waals surface area (Å²) in [5, 5.41) is 14.8. The van der Waals surface area contributed by atoms with Crippen LogP contribution in [0, 0.1) is 5.92 Å². The third-order valence-electron chi connectivity index (χ3n) is 10.8. The lowest BCUT2D eigenvalue weighted by Gasteiger charge is -2.45. The van der Waals surface area contributed by atoms with E-state index in [1.54, 1.807) is 53.7 Å². The van der Waals surface area contributed by atoms with E-state index in [4.69, 9.17) is 0 Å². The second-order valence-corrected chi connectivity index (χ2v) is 17.4. The highest BCUT2D eigenvalue weighted by atomic mass is 79.9. The summed E-state index contributed by atoms with van der Waals surface area (Å²) < 4.78 is 73.4. The summed E-state index contributed by atoms with van der Waals surface area (Å²) >= 11 is 6.69. The minimum atomic E-state index is -4.46. The van der Waals surface area contributed by atoms with Gasteiger partial charge in [-0.1, -0.05) is 38.8 Å². The Kier molecular flexibility index (Phi) is 15.2. The second-order valence-electron chi connectivity index (χ2n) is 15.6. The number of amides is 4. The van der Waals surface area contributed by atoms with E-state index in [2.05, 4.69) is 78.0 Å². The number of aromatic carboxylic acids is 1. The molecular weight excluding hydrogens is 1000 g/mol. The molecule has 4 bridgehead atoms. The third-order valence-corrected chi connectivity index (χ3v) is 11.8. The average Bonchev–Trinajstić information content (AvgIpc) is 3.23. The van der Waals surface area contributed by atoms with Gasteiger partial charge in [0, 0.05) is 53.9 Å². The molecule has 0 saturated carbocycles. The van der Waals surface area contributed by atoms with E-state index in [1.807, 2.05) is 0 Å². The van der Waals surface area contributed by atoms with Crippen LogP contribution in [0.1, 0.15) is 66.9 Å². The monoisotopic (exact) mass is 1040 g/mol. The molecule has 2 unspecified atom stereocenters. The van der Waals surface area contributed by atoms with Crippen molar-refractivity contribution in [2.75, 3.05) is 56.4 Å². The number of hydrogen-bond acceptors (Lipinski definition) is 11. The summed E-state index contributed by atoms with van der Waals surface area (Å²) in [7, 11) is 0. The first-order valence-electron chi connectivity index (χ1n) is 20.2. The Labute approximate surface area is 385 Å². The van der Waals surface area contributed by atoms with Crippen LogP contribution in [-0.2, 0) is 0 Å². The maximum atomic E-state index is 13.2. The van der Waals surface area contributed by atoms with Gasteiger partial charge in [0.05, 0.1) is 35.4 Å². The fourth-order valence-corrected chi connectivity index (χ4v) is 8.10. The molecule has 8 heterocycles. The Bertz CT molecular complexity index is 2410. The normalized spacial score (nSPS) is 18.3. The Morgan fingerprint density at radius 3 is 1.57 bits per heavy atom. The molecule has 4 amide bonds. The quantitative estimate of drug-likeness (QED) is 0.106. The van der Waals surface area contributed by atoms with E-state index in [9.17, 15) is 50.6 Å². The molecule has 348 valence electrons. The lowest BCUT2D eigenvalue weighted by molar-refractivity contribution is -0.168. The molecule has 4 aromatic rings. The summed E-state index contributed by atoms with van der Waals surface area (Å²) in [4.78, 5) is 74.2. The van der Waals surface area contributed by atoms with Crippen LogP contribution in [0.4, 0.5) is 70.6 Å². The fraction of sp³-hybridized carbons (Fsp3) is 0.415. The van der Waals surface area contributed by atoms with E-state index < -0.39 is 48.5 Å². The first-order valence-corrected chi connectivity index (χ1v) is 21.8. The number of ketones is 1. The number of carbonyl (C=O) groups is 4. The van der Waals surface area contributed by atoms with Gasteiger partial charge in [-0.2, -0.15) is 26.3 Å². The molecule has 5 N–H and O–H groups in total. The molecular formula is C41H43Br2F6N11O5. The summed E-state index contributed by atoms with van der Waals surface area (Å²) in [6, 6.07) is 10.4. The molecule has 2 saturated heterocycles. The minimum absolute atomic E-state index is 0.0556. The summed E-state index contributed by atoms with van der Waals surface area (Å²) in [6.07, 6.45) is -2.81. The zero-order chi connectivity index (χ0) is 47.4. The first kappa shape index (κ1) is 48.8. The van der Waals surface area contributed by atoms with Crippen molar-refractivity contribution in [2.45, 2.75) is 76.4 Å². The predicted octanol–water partition coefficient (Wildman–Crippen LogP) is 8.89. The number of anilines is 6. The zero-order valence-electron chi connectivity index (χ0n) is 34.7. The third kappa shape index (κ3) is 12.0. The maximum absolute atomic E-state index is 13.2. The van der Waals surface area contributed by atoms with Crippen LogP contribution < -0.4 is 36.0 Å². The molecule has 0 spiro atoms. The standard InChI is InChI=1S/C21H21BrF3N5O2.C17H16BrN5O3.C3H6F3N/c1-12(21(23,24)25)9-17(31)15-4-5-16-19(27-15)30(14-3-2-8-29(16)11-14)20(32)28-18-10-13(22)6-7-26-18;18-10-5-6-19-14(8-10)21-17(26)23-11-2-1-7-22(9-11)13-4-3-12(16(24)25)20-15(13)23;1-2(7)3(4,5)6/h4-7,10,12,14H,2-3,8-9,11H2,1H3,(H,26,28,32);3-6,8,11H,1-2,7,9H2,(H,24,25)(H,19,21,26);2H,7H2,1H3/t12?,14-;11-;/m00./s1. The van der Waals surface area contributed by atoms with Gasteiger partial charge in [-0.05, 0) is 81.1 Å². The van der Waals surface area contributed by atoms with Crippen molar-refractivity contribution in [1.82, 2.24) is 19.9 Å². The number of nitrogens with zero attached hydrogens (tertiary/aromatic N) is 8. The number of rotatable bonds is 6. The number of nitrogens with two attached hydrogens (primary N) is 1. The van der Waals surface area contributed by atoms with Crippen LogP contribution in [0.2, 0.25) is 0 Å². The van der Waals surface area contributed by atoms with E-state index >= 15 is 0 Å². The summed E-state index contributed by atoms with van der Waals surface area (Å²) in [5.41, 5.74) is 5.74. The van der Waals surface area contributed by atoms with Gasteiger partial charge in [0.1, 0.15) is 17.3 Å². The van der Waals surface area contributed by atoms with Crippen molar-refractivity contribution in [2.24, 2.45) is 11.7 Å². The van der Waals surface area contributed by atoms with E-state index in [0.29, 0.717) is 36.2 Å². The molecule has 4 aromatic heterocycles.